The third kappa shape index (κ3) is 5.35. The zero-order valence-electron chi connectivity index (χ0n) is 21.6. The monoisotopic (exact) mass is 553 g/mol. The summed E-state index contributed by atoms with van der Waals surface area (Å²) in [5, 5.41) is 51.2. The van der Waals surface area contributed by atoms with Crippen molar-refractivity contribution < 1.29 is 33.6 Å². The van der Waals surface area contributed by atoms with Crippen molar-refractivity contribution in [2.75, 3.05) is 12.4 Å². The molecule has 3 aromatic rings. The molecule has 4 N–H and O–H groups in total. The van der Waals surface area contributed by atoms with Crippen LogP contribution in [-0.2, 0) is 0 Å². The van der Waals surface area contributed by atoms with E-state index < -0.39 is 62.7 Å². The van der Waals surface area contributed by atoms with Crippen molar-refractivity contribution in [3.63, 3.8) is 0 Å². The maximum absolute atomic E-state index is 13.7. The highest BCUT2D eigenvalue weighted by Crippen LogP contribution is 2.58. The first-order chi connectivity index (χ1) is 17.8. The molecule has 38 heavy (non-hydrogen) atoms. The third-order valence-electron chi connectivity index (χ3n) is 7.16. The van der Waals surface area contributed by atoms with Gasteiger partial charge in [0.1, 0.15) is 11.7 Å². The van der Waals surface area contributed by atoms with Gasteiger partial charge < -0.3 is 20.4 Å². The van der Waals surface area contributed by atoms with Crippen LogP contribution in [0.3, 0.4) is 0 Å². The molecule has 1 saturated heterocycles. The molecule has 6 atom stereocenters. The lowest BCUT2D eigenvalue weighted by Gasteiger charge is -2.51. The van der Waals surface area contributed by atoms with Gasteiger partial charge >= 0.3 is 0 Å². The first kappa shape index (κ1) is 28.6. The molecule has 2 unspecified atom stereocenters. The Morgan fingerprint density at radius 2 is 1.68 bits per heavy atom. The number of aliphatic hydroxyl groups is 4. The van der Waals surface area contributed by atoms with Crippen LogP contribution in [-0.4, -0.2) is 70.8 Å². The van der Waals surface area contributed by atoms with Crippen molar-refractivity contribution in [1.29, 1.82) is 0 Å². The van der Waals surface area contributed by atoms with E-state index in [0.29, 0.717) is 0 Å². The van der Waals surface area contributed by atoms with Crippen molar-refractivity contribution in [3.05, 3.63) is 71.2 Å². The molecule has 0 radical (unpaired) electrons. The van der Waals surface area contributed by atoms with Crippen LogP contribution in [0.25, 0.3) is 11.3 Å². The van der Waals surface area contributed by atoms with Gasteiger partial charge in [-0.2, -0.15) is 0 Å². The SMILES string of the molecule is CC(C)c1ccccc1C([SH]1C[C@H](O)[C@H](n2cc(-c3cc(F)c(F)c(F)c3)nn2)[C@@H](O)[C@H]1CO)C(C)(C)O. The third-order valence-corrected chi connectivity index (χ3v) is 10.8. The normalized spacial score (nSPS) is 26.1. The van der Waals surface area contributed by atoms with E-state index in [1.165, 1.54) is 10.9 Å². The molecule has 2 heterocycles. The maximum atomic E-state index is 13.7. The molecule has 4 rings (SSSR count). The van der Waals surface area contributed by atoms with Crippen LogP contribution in [0.1, 0.15) is 56.0 Å². The van der Waals surface area contributed by atoms with Crippen molar-refractivity contribution in [1.82, 2.24) is 15.0 Å². The second-order valence-corrected chi connectivity index (χ2v) is 13.2. The second-order valence-electron chi connectivity index (χ2n) is 10.7. The fraction of sp³-hybridized carbons (Fsp3) is 0.481. The molecule has 11 heteroatoms. The lowest BCUT2D eigenvalue weighted by Crippen LogP contribution is -2.52. The zero-order valence-corrected chi connectivity index (χ0v) is 22.5. The van der Waals surface area contributed by atoms with Gasteiger partial charge in [-0.3, -0.25) is 0 Å². The number of aromatic nitrogens is 3. The predicted octanol–water partition coefficient (Wildman–Crippen LogP) is 3.64. The van der Waals surface area contributed by atoms with Crippen LogP contribution in [0.5, 0.6) is 0 Å². The number of nitrogens with zero attached hydrogens (tertiary/aromatic N) is 3. The van der Waals surface area contributed by atoms with Crippen molar-refractivity contribution in [2.24, 2.45) is 0 Å². The molecule has 1 aliphatic rings. The topological polar surface area (TPSA) is 112 Å². The molecule has 0 spiro atoms. The number of thiol groups is 1. The molecule has 0 bridgehead atoms. The van der Waals surface area contributed by atoms with Crippen molar-refractivity contribution >= 4 is 10.9 Å². The van der Waals surface area contributed by atoms with Gasteiger partial charge in [0.2, 0.25) is 0 Å². The van der Waals surface area contributed by atoms with Crippen LogP contribution in [0.15, 0.2) is 42.6 Å². The lowest BCUT2D eigenvalue weighted by molar-refractivity contribution is 0.00570. The molecule has 2 aromatic carbocycles. The standard InChI is InChI=1S/C27H34F3N3O4S/c1-14(2)16-7-5-6-8-17(16)26(27(3,4)37)38-13-21(35)24(25(36)22(38)12-34)33-11-20(31-32-33)15-9-18(28)23(30)19(29)10-15/h5-11,14,21-22,24-26,34-38H,12-13H2,1-4H3/t21-,22+,24-,25-,26?/m0/s1. The Kier molecular flexibility index (Phi) is 8.25. The molecule has 208 valence electrons. The average Bonchev–Trinajstić information content (AvgIpc) is 3.31. The van der Waals surface area contributed by atoms with Crippen LogP contribution in [0.2, 0.25) is 0 Å². The number of benzene rings is 2. The summed E-state index contributed by atoms with van der Waals surface area (Å²) in [4.78, 5) is 0. The largest absolute Gasteiger partial charge is 0.395 e. The van der Waals surface area contributed by atoms with E-state index in [1.54, 1.807) is 13.8 Å². The minimum Gasteiger partial charge on any atom is -0.395 e. The highest BCUT2D eigenvalue weighted by molar-refractivity contribution is 8.18. The van der Waals surface area contributed by atoms with Gasteiger partial charge in [-0.25, -0.2) is 28.7 Å². The second kappa shape index (κ2) is 11.0. The Hall–Kier alpha value is -2.44. The summed E-state index contributed by atoms with van der Waals surface area (Å²) in [5.41, 5.74) is 0.718. The Morgan fingerprint density at radius 1 is 1.08 bits per heavy atom. The van der Waals surface area contributed by atoms with E-state index in [9.17, 15) is 33.6 Å². The van der Waals surface area contributed by atoms with E-state index in [1.807, 2.05) is 24.3 Å². The van der Waals surface area contributed by atoms with Crippen LogP contribution < -0.4 is 0 Å². The Labute approximate surface area is 222 Å². The first-order valence-electron chi connectivity index (χ1n) is 12.5. The maximum Gasteiger partial charge on any atom is 0.194 e. The van der Waals surface area contributed by atoms with Gasteiger partial charge in [0.15, 0.2) is 17.5 Å². The summed E-state index contributed by atoms with van der Waals surface area (Å²) < 4.78 is 42.1. The molecule has 1 aliphatic heterocycles. The van der Waals surface area contributed by atoms with E-state index in [4.69, 9.17) is 0 Å². The number of hydrogen-bond acceptors (Lipinski definition) is 6. The Bertz CT molecular complexity index is 1260. The summed E-state index contributed by atoms with van der Waals surface area (Å²) in [6.07, 6.45) is -1.07. The molecular weight excluding hydrogens is 519 g/mol. The fourth-order valence-electron chi connectivity index (χ4n) is 5.46. The van der Waals surface area contributed by atoms with Gasteiger partial charge in [0.25, 0.3) is 0 Å². The molecule has 0 amide bonds. The summed E-state index contributed by atoms with van der Waals surface area (Å²) in [6, 6.07) is 8.33. The van der Waals surface area contributed by atoms with Crippen LogP contribution in [0, 0.1) is 17.5 Å². The van der Waals surface area contributed by atoms with Crippen molar-refractivity contribution in [3.8, 4) is 11.3 Å². The van der Waals surface area contributed by atoms with Crippen LogP contribution in [0.4, 0.5) is 13.2 Å². The van der Waals surface area contributed by atoms with Gasteiger partial charge in [0, 0.05) is 21.8 Å². The molecule has 0 saturated carbocycles. The van der Waals surface area contributed by atoms with Gasteiger partial charge in [-0.15, -0.1) is 5.10 Å². The Balaban J connectivity index is 1.70. The van der Waals surface area contributed by atoms with Gasteiger partial charge in [0.05, 0.1) is 30.6 Å². The van der Waals surface area contributed by atoms with E-state index in [2.05, 4.69) is 24.2 Å². The molecule has 1 aromatic heterocycles. The molecule has 1 fully saturated rings. The minimum atomic E-state index is -1.60. The summed E-state index contributed by atoms with van der Waals surface area (Å²) >= 11 is 0. The van der Waals surface area contributed by atoms with Crippen molar-refractivity contribution in [2.45, 2.75) is 68.0 Å². The zero-order chi connectivity index (χ0) is 27.9. The number of rotatable bonds is 7. The quantitative estimate of drug-likeness (QED) is 0.226. The Morgan fingerprint density at radius 3 is 2.24 bits per heavy atom. The van der Waals surface area contributed by atoms with E-state index in [-0.39, 0.29) is 29.5 Å². The highest BCUT2D eigenvalue weighted by Gasteiger charge is 2.49. The highest BCUT2D eigenvalue weighted by atomic mass is 32.2. The smallest absolute Gasteiger partial charge is 0.194 e. The van der Waals surface area contributed by atoms with Gasteiger partial charge in [-0.1, -0.05) is 43.3 Å². The van der Waals surface area contributed by atoms with Crippen LogP contribution >= 0.6 is 10.9 Å². The number of aliphatic hydroxyl groups excluding tert-OH is 3. The number of hydrogen-bond donors (Lipinski definition) is 5. The molecule has 7 nitrogen and oxygen atoms in total. The first-order valence-corrected chi connectivity index (χ1v) is 14.1. The number of halogens is 3. The summed E-state index contributed by atoms with van der Waals surface area (Å²) in [5.74, 6) is -3.99. The predicted molar refractivity (Wildman–Crippen MR) is 141 cm³/mol. The summed E-state index contributed by atoms with van der Waals surface area (Å²) in [6.45, 7) is 7.11. The average molecular weight is 554 g/mol. The van der Waals surface area contributed by atoms with E-state index >= 15 is 0 Å². The van der Waals surface area contributed by atoms with Gasteiger partial charge in [-0.05, 0) is 43.0 Å². The molecular formula is C27H34F3N3O4S. The fourth-order valence-corrected chi connectivity index (χ4v) is 9.16. The lowest BCUT2D eigenvalue weighted by atomic mass is 9.89. The minimum absolute atomic E-state index is 0.0239. The summed E-state index contributed by atoms with van der Waals surface area (Å²) in [7, 11) is -1.35. The van der Waals surface area contributed by atoms with E-state index in [0.717, 1.165) is 23.3 Å². The molecule has 0 aliphatic carbocycles.